The van der Waals surface area contributed by atoms with Gasteiger partial charge in [-0.1, -0.05) is 29.8 Å². The molecule has 3 nitrogen and oxygen atoms in total. The fourth-order valence-electron chi connectivity index (χ4n) is 1.82. The summed E-state index contributed by atoms with van der Waals surface area (Å²) >= 11 is 9.46. The Kier molecular flexibility index (Phi) is 5.19. The normalized spacial score (nSPS) is 10.5. The molecular weight excluding hydrogens is 326 g/mol. The van der Waals surface area contributed by atoms with E-state index < -0.39 is 0 Å². The van der Waals surface area contributed by atoms with E-state index in [4.69, 9.17) is 17.3 Å². The minimum atomic E-state index is 0.613. The maximum atomic E-state index is 5.94. The van der Waals surface area contributed by atoms with E-state index in [2.05, 4.69) is 37.9 Å². The number of benzene rings is 1. The fourth-order valence-corrected chi connectivity index (χ4v) is 2.67. The number of hydrogen-bond acceptors (Lipinski definition) is 3. The van der Waals surface area contributed by atoms with Crippen molar-refractivity contribution in [2.24, 2.45) is 5.73 Å². The first-order valence-electron chi connectivity index (χ1n) is 6.06. The SMILES string of the molecule is NCCCN(c1ccccc1)c1ncc(Cl)cc1Br. The summed E-state index contributed by atoms with van der Waals surface area (Å²) in [6.45, 7) is 1.46. The van der Waals surface area contributed by atoms with Gasteiger partial charge in [-0.25, -0.2) is 4.98 Å². The number of pyridine rings is 1. The van der Waals surface area contributed by atoms with Crippen LogP contribution in [-0.2, 0) is 0 Å². The van der Waals surface area contributed by atoms with Crippen molar-refractivity contribution in [3.8, 4) is 0 Å². The molecule has 0 fully saturated rings. The van der Waals surface area contributed by atoms with Gasteiger partial charge in [0.1, 0.15) is 5.82 Å². The van der Waals surface area contributed by atoms with Gasteiger partial charge in [-0.3, -0.25) is 0 Å². The van der Waals surface area contributed by atoms with E-state index in [1.54, 1.807) is 6.20 Å². The maximum Gasteiger partial charge on any atom is 0.147 e. The summed E-state index contributed by atoms with van der Waals surface area (Å²) in [5, 5.41) is 0.613. The summed E-state index contributed by atoms with van der Waals surface area (Å²) in [7, 11) is 0. The van der Waals surface area contributed by atoms with Crippen molar-refractivity contribution in [1.29, 1.82) is 0 Å². The summed E-state index contributed by atoms with van der Waals surface area (Å²) in [5.74, 6) is 0.851. The van der Waals surface area contributed by atoms with Crippen molar-refractivity contribution in [3.05, 3.63) is 52.1 Å². The predicted molar refractivity (Wildman–Crippen MR) is 84.1 cm³/mol. The molecule has 0 aliphatic carbocycles. The second-order valence-corrected chi connectivity index (χ2v) is 5.38. The molecule has 1 aromatic carbocycles. The number of rotatable bonds is 5. The summed E-state index contributed by atoms with van der Waals surface area (Å²) in [4.78, 5) is 6.55. The van der Waals surface area contributed by atoms with Crippen LogP contribution in [0.15, 0.2) is 47.1 Å². The first kappa shape index (κ1) is 14.3. The molecule has 0 aliphatic heterocycles. The number of para-hydroxylation sites is 1. The van der Waals surface area contributed by atoms with E-state index in [-0.39, 0.29) is 0 Å². The molecule has 5 heteroatoms. The highest BCUT2D eigenvalue weighted by molar-refractivity contribution is 9.10. The van der Waals surface area contributed by atoms with Crippen molar-refractivity contribution in [2.45, 2.75) is 6.42 Å². The summed E-state index contributed by atoms with van der Waals surface area (Å²) in [6.07, 6.45) is 2.55. The monoisotopic (exact) mass is 339 g/mol. The number of aromatic nitrogens is 1. The molecule has 0 amide bonds. The zero-order valence-corrected chi connectivity index (χ0v) is 12.7. The van der Waals surface area contributed by atoms with Gasteiger partial charge < -0.3 is 10.6 Å². The highest BCUT2D eigenvalue weighted by Crippen LogP contribution is 2.31. The van der Waals surface area contributed by atoms with Gasteiger partial charge in [-0.15, -0.1) is 0 Å². The molecule has 0 unspecified atom stereocenters. The Labute approximate surface area is 126 Å². The van der Waals surface area contributed by atoms with Gasteiger partial charge >= 0.3 is 0 Å². The lowest BCUT2D eigenvalue weighted by atomic mass is 10.2. The van der Waals surface area contributed by atoms with Gasteiger partial charge in [0.2, 0.25) is 0 Å². The Balaban J connectivity index is 2.37. The number of halogens is 2. The number of hydrogen-bond donors (Lipinski definition) is 1. The van der Waals surface area contributed by atoms with Crippen LogP contribution in [-0.4, -0.2) is 18.1 Å². The van der Waals surface area contributed by atoms with Crippen LogP contribution in [0.1, 0.15) is 6.42 Å². The molecule has 0 bridgehead atoms. The average Bonchev–Trinajstić information content (AvgIpc) is 2.42. The minimum absolute atomic E-state index is 0.613. The van der Waals surface area contributed by atoms with Crippen molar-refractivity contribution >= 4 is 39.0 Å². The molecule has 0 saturated carbocycles. The van der Waals surface area contributed by atoms with E-state index in [1.807, 2.05) is 24.3 Å². The summed E-state index contributed by atoms with van der Waals surface area (Å²) in [6, 6.07) is 12.0. The Morgan fingerprint density at radius 2 is 2.00 bits per heavy atom. The van der Waals surface area contributed by atoms with Crippen LogP contribution < -0.4 is 10.6 Å². The molecule has 2 rings (SSSR count). The van der Waals surface area contributed by atoms with Crippen molar-refractivity contribution in [3.63, 3.8) is 0 Å². The first-order chi connectivity index (χ1) is 9.22. The lowest BCUT2D eigenvalue weighted by Gasteiger charge is -2.24. The van der Waals surface area contributed by atoms with E-state index in [0.29, 0.717) is 11.6 Å². The van der Waals surface area contributed by atoms with Gasteiger partial charge in [0.15, 0.2) is 0 Å². The zero-order valence-electron chi connectivity index (χ0n) is 10.4. The van der Waals surface area contributed by atoms with Gasteiger partial charge in [0.05, 0.1) is 9.50 Å². The van der Waals surface area contributed by atoms with Crippen molar-refractivity contribution in [2.75, 3.05) is 18.0 Å². The largest absolute Gasteiger partial charge is 0.330 e. The minimum Gasteiger partial charge on any atom is -0.330 e. The molecule has 0 saturated heterocycles. The zero-order chi connectivity index (χ0) is 13.7. The van der Waals surface area contributed by atoms with Crippen LogP contribution in [0.5, 0.6) is 0 Å². The number of nitrogens with two attached hydrogens (primary N) is 1. The Morgan fingerprint density at radius 3 is 2.63 bits per heavy atom. The second-order valence-electron chi connectivity index (χ2n) is 4.09. The molecule has 0 spiro atoms. The standard InChI is InChI=1S/C14H15BrClN3/c15-13-9-11(16)10-18-14(13)19(8-4-7-17)12-5-2-1-3-6-12/h1-3,5-6,9-10H,4,7-8,17H2. The van der Waals surface area contributed by atoms with Crippen molar-refractivity contribution in [1.82, 2.24) is 4.98 Å². The molecule has 1 aromatic heterocycles. The topological polar surface area (TPSA) is 42.1 Å². The molecule has 2 N–H and O–H groups in total. The highest BCUT2D eigenvalue weighted by atomic mass is 79.9. The van der Waals surface area contributed by atoms with Crippen LogP contribution in [0.4, 0.5) is 11.5 Å². The summed E-state index contributed by atoms with van der Waals surface area (Å²) < 4.78 is 0.876. The Morgan fingerprint density at radius 1 is 1.26 bits per heavy atom. The van der Waals surface area contributed by atoms with Crippen molar-refractivity contribution < 1.29 is 0 Å². The molecule has 0 atom stereocenters. The van der Waals surface area contributed by atoms with E-state index in [9.17, 15) is 0 Å². The third kappa shape index (κ3) is 3.69. The Bertz CT molecular complexity index is 533. The molecule has 19 heavy (non-hydrogen) atoms. The lowest BCUT2D eigenvalue weighted by molar-refractivity contribution is 0.809. The fraction of sp³-hybridized carbons (Fsp3) is 0.214. The van der Waals surface area contributed by atoms with Crippen LogP contribution in [0.25, 0.3) is 0 Å². The van der Waals surface area contributed by atoms with Crippen LogP contribution in [0, 0.1) is 0 Å². The Hall–Kier alpha value is -1.10. The third-order valence-corrected chi connectivity index (χ3v) is 3.49. The van der Waals surface area contributed by atoms with E-state index in [0.717, 1.165) is 28.9 Å². The van der Waals surface area contributed by atoms with Crippen LogP contribution in [0.3, 0.4) is 0 Å². The van der Waals surface area contributed by atoms with Gasteiger partial charge in [-0.2, -0.15) is 0 Å². The quantitative estimate of drug-likeness (QED) is 0.895. The summed E-state index contributed by atoms with van der Waals surface area (Å²) in [5.41, 5.74) is 6.70. The highest BCUT2D eigenvalue weighted by Gasteiger charge is 2.13. The number of anilines is 2. The van der Waals surface area contributed by atoms with Crippen LogP contribution >= 0.6 is 27.5 Å². The van der Waals surface area contributed by atoms with Gasteiger partial charge in [-0.05, 0) is 47.1 Å². The second kappa shape index (κ2) is 6.89. The van der Waals surface area contributed by atoms with Gasteiger partial charge in [0, 0.05) is 18.4 Å². The molecule has 1 heterocycles. The third-order valence-electron chi connectivity index (χ3n) is 2.70. The van der Waals surface area contributed by atoms with Gasteiger partial charge in [0.25, 0.3) is 0 Å². The maximum absolute atomic E-state index is 5.94. The molecule has 0 radical (unpaired) electrons. The van der Waals surface area contributed by atoms with E-state index in [1.165, 1.54) is 0 Å². The smallest absolute Gasteiger partial charge is 0.147 e. The molecular formula is C14H15BrClN3. The predicted octanol–water partition coefficient (Wildman–Crippen LogP) is 3.98. The lowest BCUT2D eigenvalue weighted by Crippen LogP contribution is -2.22. The van der Waals surface area contributed by atoms with Crippen LogP contribution in [0.2, 0.25) is 5.02 Å². The first-order valence-corrected chi connectivity index (χ1v) is 7.23. The molecule has 100 valence electrons. The van der Waals surface area contributed by atoms with E-state index >= 15 is 0 Å². The number of nitrogens with zero attached hydrogens (tertiary/aromatic N) is 2. The molecule has 0 aliphatic rings. The molecule has 2 aromatic rings. The average molecular weight is 341 g/mol.